The maximum atomic E-state index is 12.8. The molecule has 0 unspecified atom stereocenters. The second kappa shape index (κ2) is 6.17. The lowest BCUT2D eigenvalue weighted by atomic mass is 9.76. The monoisotopic (exact) mass is 345 g/mol. The highest BCUT2D eigenvalue weighted by Gasteiger charge is 2.35. The summed E-state index contributed by atoms with van der Waals surface area (Å²) in [6.45, 7) is 4.33. The summed E-state index contributed by atoms with van der Waals surface area (Å²) in [5.74, 6) is 1.04. The molecule has 1 aliphatic carbocycles. The van der Waals surface area contributed by atoms with Crippen molar-refractivity contribution in [3.05, 3.63) is 71.9 Å². The SMILES string of the molecule is COc1cccc(-n2c(-c3ccccc3)cc3c2CC(C)(C)CC3=O)c1. The molecule has 0 amide bonds. The fraction of sp³-hybridized carbons (Fsp3) is 0.261. The highest BCUT2D eigenvalue weighted by molar-refractivity contribution is 6.00. The summed E-state index contributed by atoms with van der Waals surface area (Å²) in [5, 5.41) is 0. The van der Waals surface area contributed by atoms with Crippen LogP contribution >= 0.6 is 0 Å². The lowest BCUT2D eigenvalue weighted by molar-refractivity contribution is 0.0911. The molecule has 0 aliphatic heterocycles. The molecule has 0 saturated carbocycles. The second-order valence-electron chi connectivity index (χ2n) is 7.73. The number of methoxy groups -OCH3 is 1. The molecule has 3 aromatic rings. The molecular weight excluding hydrogens is 322 g/mol. The van der Waals surface area contributed by atoms with Crippen LogP contribution in [0.2, 0.25) is 0 Å². The number of ether oxygens (including phenoxy) is 1. The second-order valence-corrected chi connectivity index (χ2v) is 7.73. The molecule has 0 N–H and O–H groups in total. The Labute approximate surface area is 154 Å². The summed E-state index contributed by atoms with van der Waals surface area (Å²) < 4.78 is 7.65. The number of benzene rings is 2. The predicted octanol–water partition coefficient (Wildman–Crippen LogP) is 5.31. The van der Waals surface area contributed by atoms with E-state index in [0.717, 1.165) is 40.4 Å². The van der Waals surface area contributed by atoms with Crippen LogP contribution in [0, 0.1) is 5.41 Å². The minimum absolute atomic E-state index is 0.0347. The number of fused-ring (bicyclic) bond motifs is 1. The Hall–Kier alpha value is -2.81. The number of rotatable bonds is 3. The van der Waals surface area contributed by atoms with Crippen LogP contribution < -0.4 is 4.74 Å². The van der Waals surface area contributed by atoms with Gasteiger partial charge in [-0.15, -0.1) is 0 Å². The third-order valence-electron chi connectivity index (χ3n) is 5.07. The van der Waals surface area contributed by atoms with Crippen molar-refractivity contribution in [3.8, 4) is 22.7 Å². The van der Waals surface area contributed by atoms with Crippen molar-refractivity contribution in [3.63, 3.8) is 0 Å². The number of hydrogen-bond donors (Lipinski definition) is 0. The van der Waals surface area contributed by atoms with Crippen molar-refractivity contribution in [2.24, 2.45) is 5.41 Å². The van der Waals surface area contributed by atoms with Crippen LogP contribution in [-0.4, -0.2) is 17.5 Å². The van der Waals surface area contributed by atoms with Gasteiger partial charge in [0.15, 0.2) is 5.78 Å². The van der Waals surface area contributed by atoms with Crippen molar-refractivity contribution < 1.29 is 9.53 Å². The Morgan fingerprint density at radius 2 is 1.73 bits per heavy atom. The van der Waals surface area contributed by atoms with Gasteiger partial charge in [0, 0.05) is 29.4 Å². The molecule has 3 nitrogen and oxygen atoms in total. The maximum absolute atomic E-state index is 12.8. The van der Waals surface area contributed by atoms with E-state index in [1.807, 2.05) is 36.4 Å². The van der Waals surface area contributed by atoms with E-state index in [4.69, 9.17) is 4.74 Å². The van der Waals surface area contributed by atoms with E-state index in [9.17, 15) is 4.79 Å². The summed E-state index contributed by atoms with van der Waals surface area (Å²) in [5.41, 5.74) is 5.09. The Balaban J connectivity index is 2.00. The van der Waals surface area contributed by atoms with Crippen LogP contribution in [0.1, 0.15) is 36.3 Å². The molecule has 1 heterocycles. The van der Waals surface area contributed by atoms with Gasteiger partial charge in [-0.1, -0.05) is 50.2 Å². The zero-order valence-electron chi connectivity index (χ0n) is 15.5. The Morgan fingerprint density at radius 1 is 0.962 bits per heavy atom. The van der Waals surface area contributed by atoms with Gasteiger partial charge in [-0.2, -0.15) is 0 Å². The topological polar surface area (TPSA) is 31.2 Å². The first-order valence-electron chi connectivity index (χ1n) is 8.96. The van der Waals surface area contributed by atoms with Crippen LogP contribution in [0.15, 0.2) is 60.7 Å². The maximum Gasteiger partial charge on any atom is 0.165 e. The molecule has 132 valence electrons. The van der Waals surface area contributed by atoms with Crippen LogP contribution in [0.5, 0.6) is 5.75 Å². The Bertz CT molecular complexity index is 967. The van der Waals surface area contributed by atoms with Crippen molar-refractivity contribution >= 4 is 5.78 Å². The summed E-state index contributed by atoms with van der Waals surface area (Å²) >= 11 is 0. The van der Waals surface area contributed by atoms with Crippen molar-refractivity contribution in [1.82, 2.24) is 4.57 Å². The van der Waals surface area contributed by atoms with Gasteiger partial charge in [-0.3, -0.25) is 4.79 Å². The lowest BCUT2D eigenvalue weighted by Gasteiger charge is -2.30. The van der Waals surface area contributed by atoms with E-state index in [0.29, 0.717) is 6.42 Å². The van der Waals surface area contributed by atoms with E-state index in [1.54, 1.807) is 7.11 Å². The number of Topliss-reactive ketones (excluding diaryl/α,β-unsaturated/α-hetero) is 1. The van der Waals surface area contributed by atoms with Crippen molar-refractivity contribution in [2.75, 3.05) is 7.11 Å². The number of hydrogen-bond acceptors (Lipinski definition) is 2. The third-order valence-corrected chi connectivity index (χ3v) is 5.07. The molecule has 1 aromatic heterocycles. The fourth-order valence-electron chi connectivity index (χ4n) is 3.88. The van der Waals surface area contributed by atoms with Gasteiger partial charge < -0.3 is 9.30 Å². The lowest BCUT2D eigenvalue weighted by Crippen LogP contribution is -2.27. The van der Waals surface area contributed by atoms with Crippen LogP contribution in [0.4, 0.5) is 0 Å². The number of carbonyl (C=O) groups excluding carboxylic acids is 1. The molecule has 0 atom stereocenters. The molecule has 1 aliphatic rings. The Kier molecular flexibility index (Phi) is 3.95. The van der Waals surface area contributed by atoms with Gasteiger partial charge >= 0.3 is 0 Å². The highest BCUT2D eigenvalue weighted by Crippen LogP contribution is 2.40. The normalized spacial score (nSPS) is 15.6. The fourth-order valence-corrected chi connectivity index (χ4v) is 3.88. The summed E-state index contributed by atoms with van der Waals surface area (Å²) in [7, 11) is 1.68. The van der Waals surface area contributed by atoms with Gasteiger partial charge in [0.25, 0.3) is 0 Å². The number of aromatic nitrogens is 1. The van der Waals surface area contributed by atoms with Gasteiger partial charge in [0.05, 0.1) is 12.8 Å². The average Bonchev–Trinajstić information content (AvgIpc) is 3.01. The predicted molar refractivity (Wildman–Crippen MR) is 104 cm³/mol. The first-order chi connectivity index (χ1) is 12.5. The van der Waals surface area contributed by atoms with E-state index >= 15 is 0 Å². The van der Waals surface area contributed by atoms with Crippen LogP contribution in [-0.2, 0) is 6.42 Å². The van der Waals surface area contributed by atoms with E-state index < -0.39 is 0 Å². The highest BCUT2D eigenvalue weighted by atomic mass is 16.5. The summed E-state index contributed by atoms with van der Waals surface area (Å²) in [4.78, 5) is 12.8. The van der Waals surface area contributed by atoms with Gasteiger partial charge in [0.2, 0.25) is 0 Å². The number of ketones is 1. The minimum atomic E-state index is -0.0347. The number of carbonyl (C=O) groups is 1. The molecule has 0 bridgehead atoms. The van der Waals surface area contributed by atoms with Crippen molar-refractivity contribution in [1.29, 1.82) is 0 Å². The molecular formula is C23H23NO2. The summed E-state index contributed by atoms with van der Waals surface area (Å²) in [6.07, 6.45) is 1.47. The van der Waals surface area contributed by atoms with Crippen LogP contribution in [0.25, 0.3) is 16.9 Å². The smallest absolute Gasteiger partial charge is 0.165 e. The molecule has 0 radical (unpaired) electrons. The van der Waals surface area contributed by atoms with Crippen molar-refractivity contribution in [2.45, 2.75) is 26.7 Å². The largest absolute Gasteiger partial charge is 0.497 e. The quantitative estimate of drug-likeness (QED) is 0.644. The summed E-state index contributed by atoms with van der Waals surface area (Å²) in [6, 6.07) is 20.3. The molecule has 26 heavy (non-hydrogen) atoms. The standard InChI is InChI=1S/C23H23NO2/c1-23(2)14-21-19(22(25)15-23)13-20(16-8-5-4-6-9-16)24(21)17-10-7-11-18(12-17)26-3/h4-13H,14-15H2,1-3H3. The molecule has 3 heteroatoms. The zero-order chi connectivity index (χ0) is 18.3. The van der Waals surface area contributed by atoms with Gasteiger partial charge in [-0.25, -0.2) is 0 Å². The van der Waals surface area contributed by atoms with Gasteiger partial charge in [0.1, 0.15) is 5.75 Å². The Morgan fingerprint density at radius 3 is 2.46 bits per heavy atom. The zero-order valence-corrected chi connectivity index (χ0v) is 15.5. The molecule has 0 fully saturated rings. The molecule has 4 rings (SSSR count). The number of nitrogens with zero attached hydrogens (tertiary/aromatic N) is 1. The minimum Gasteiger partial charge on any atom is -0.497 e. The molecule has 2 aromatic carbocycles. The third kappa shape index (κ3) is 2.84. The first kappa shape index (κ1) is 16.6. The average molecular weight is 345 g/mol. The molecule has 0 spiro atoms. The van der Waals surface area contributed by atoms with E-state index in [-0.39, 0.29) is 11.2 Å². The first-order valence-corrected chi connectivity index (χ1v) is 8.96. The molecule has 0 saturated heterocycles. The van der Waals surface area contributed by atoms with E-state index in [2.05, 4.69) is 42.7 Å². The van der Waals surface area contributed by atoms with E-state index in [1.165, 1.54) is 0 Å². The van der Waals surface area contributed by atoms with Crippen LogP contribution in [0.3, 0.4) is 0 Å². The van der Waals surface area contributed by atoms with Gasteiger partial charge in [-0.05, 0) is 35.6 Å².